The molecule has 0 aromatic heterocycles. The van der Waals surface area contributed by atoms with E-state index in [0.29, 0.717) is 43.1 Å². The number of esters is 2. The van der Waals surface area contributed by atoms with Crippen molar-refractivity contribution in [3.05, 3.63) is 109 Å². The number of carbonyl (C=O) groups excluding carboxylic acids is 2. The average Bonchev–Trinajstić information content (AvgIpc) is 3.19. The maximum atomic E-state index is 12.7. The number of hydrogen-bond donors (Lipinski definition) is 2. The Morgan fingerprint density at radius 2 is 1.15 bits per heavy atom. The van der Waals surface area contributed by atoms with E-state index in [0.717, 1.165) is 57.8 Å². The number of allylic oxidation sites excluding steroid dienone is 16. The maximum Gasteiger partial charge on any atom is 0.306 e. The van der Waals surface area contributed by atoms with Gasteiger partial charge in [-0.1, -0.05) is 142 Å². The Labute approximate surface area is 362 Å². The first-order valence-electron chi connectivity index (χ1n) is 21.8. The van der Waals surface area contributed by atoms with Gasteiger partial charge in [0, 0.05) is 12.8 Å². The standard InChI is InChI=1S/C48H78NO10P/c1-6-8-10-11-12-13-14-15-16-17-18-19-20-21-25-28-32-38-48(53)59-46(43-58-60(54,55)57-41-40-49(3,4)5)42-56-47(52)39-33-37-45(51)36-31-27-24-22-23-26-30-35-44(50)34-29-9-7-2/h8,10,12-13,15-16,18-19,21,23-27,30-31,35-36,44-46,50-51H,6-7,9,11,14,17,20,22,28-29,32-34,37-43H2,1-5H3/b10-8-,13-12-,16-15-,19-18-,25-21-,26-23-,27-24-,35-30+,36-31+/t44-,45-,46+/m0/s1. The molecule has 12 heteroatoms. The lowest BCUT2D eigenvalue weighted by molar-refractivity contribution is -0.870. The van der Waals surface area contributed by atoms with Crippen molar-refractivity contribution in [2.45, 2.75) is 135 Å². The summed E-state index contributed by atoms with van der Waals surface area (Å²) in [5.74, 6) is -1.15. The van der Waals surface area contributed by atoms with Gasteiger partial charge in [-0.05, 0) is 70.6 Å². The van der Waals surface area contributed by atoms with E-state index in [1.54, 1.807) is 18.2 Å². The maximum absolute atomic E-state index is 12.7. The molecule has 0 aromatic carbocycles. The summed E-state index contributed by atoms with van der Waals surface area (Å²) in [5.41, 5.74) is 0. The second-order valence-electron chi connectivity index (χ2n) is 15.4. The third-order valence-electron chi connectivity index (χ3n) is 8.49. The monoisotopic (exact) mass is 860 g/mol. The summed E-state index contributed by atoms with van der Waals surface area (Å²) in [6, 6.07) is 0. The molecule has 0 bridgehead atoms. The molecule has 11 nitrogen and oxygen atoms in total. The lowest BCUT2D eigenvalue weighted by atomic mass is 10.1. The Hall–Kier alpha value is -3.41. The van der Waals surface area contributed by atoms with Gasteiger partial charge in [0.05, 0.1) is 40.0 Å². The number of hydrogen-bond acceptors (Lipinski definition) is 10. The van der Waals surface area contributed by atoms with Crippen LogP contribution in [0.2, 0.25) is 0 Å². The van der Waals surface area contributed by atoms with Gasteiger partial charge in [0.1, 0.15) is 19.8 Å². The quantitative estimate of drug-likeness (QED) is 0.0154. The number of quaternary nitrogens is 1. The molecular formula is C48H78NO10P. The van der Waals surface area contributed by atoms with Crippen LogP contribution in [0.3, 0.4) is 0 Å². The molecule has 4 atom stereocenters. The minimum Gasteiger partial charge on any atom is -0.756 e. The van der Waals surface area contributed by atoms with Crippen molar-refractivity contribution in [1.29, 1.82) is 0 Å². The molecule has 0 aromatic rings. The van der Waals surface area contributed by atoms with Gasteiger partial charge in [0.25, 0.3) is 7.82 Å². The van der Waals surface area contributed by atoms with Crippen molar-refractivity contribution in [2.75, 3.05) is 47.5 Å². The number of ether oxygens (including phenoxy) is 2. The van der Waals surface area contributed by atoms with Crippen LogP contribution in [-0.2, 0) is 32.7 Å². The van der Waals surface area contributed by atoms with Crippen LogP contribution in [0.4, 0.5) is 0 Å². The van der Waals surface area contributed by atoms with E-state index in [2.05, 4.69) is 62.5 Å². The molecule has 2 N–H and O–H groups in total. The van der Waals surface area contributed by atoms with Crippen LogP contribution in [0.25, 0.3) is 0 Å². The molecule has 1 unspecified atom stereocenters. The second-order valence-corrected chi connectivity index (χ2v) is 16.8. The molecule has 340 valence electrons. The Kier molecular flexibility index (Phi) is 36.3. The predicted molar refractivity (Wildman–Crippen MR) is 243 cm³/mol. The molecule has 0 saturated heterocycles. The van der Waals surface area contributed by atoms with E-state index < -0.39 is 51.3 Å². The molecule has 0 saturated carbocycles. The molecule has 60 heavy (non-hydrogen) atoms. The highest BCUT2D eigenvalue weighted by molar-refractivity contribution is 7.45. The van der Waals surface area contributed by atoms with Gasteiger partial charge in [0.2, 0.25) is 0 Å². The van der Waals surface area contributed by atoms with Gasteiger partial charge < -0.3 is 38.1 Å². The number of unbranched alkanes of at least 4 members (excludes halogenated alkanes) is 3. The minimum atomic E-state index is -4.70. The van der Waals surface area contributed by atoms with E-state index in [-0.39, 0.29) is 19.4 Å². The summed E-state index contributed by atoms with van der Waals surface area (Å²) in [7, 11) is 0.979. The van der Waals surface area contributed by atoms with Crippen LogP contribution >= 0.6 is 7.82 Å². The summed E-state index contributed by atoms with van der Waals surface area (Å²) in [5, 5.41) is 20.2. The van der Waals surface area contributed by atoms with E-state index in [4.69, 9.17) is 18.5 Å². The first-order chi connectivity index (χ1) is 28.8. The van der Waals surface area contributed by atoms with Gasteiger partial charge in [-0.15, -0.1) is 0 Å². The SMILES string of the molecule is CC/C=C\C/C=C\C/C=C\C/C=C\C/C=C\CCCC(=O)O[C@H](COC(=O)CCC[C@@H](O)/C=C/C=C\C/C=C\C=C\[C@@H](O)CCCCC)COP(=O)([O-])OCC[N+](C)(C)C. The van der Waals surface area contributed by atoms with Crippen LogP contribution in [0.1, 0.15) is 117 Å². The zero-order chi connectivity index (χ0) is 44.6. The average molecular weight is 860 g/mol. The molecule has 0 spiro atoms. The van der Waals surface area contributed by atoms with Crippen molar-refractivity contribution < 1.29 is 52.3 Å². The lowest BCUT2D eigenvalue weighted by Gasteiger charge is -2.28. The molecule has 0 fully saturated rings. The van der Waals surface area contributed by atoms with Crippen molar-refractivity contribution >= 4 is 19.8 Å². The Balaban J connectivity index is 4.72. The molecule has 0 rings (SSSR count). The van der Waals surface area contributed by atoms with Crippen molar-refractivity contribution in [1.82, 2.24) is 0 Å². The number of aliphatic hydroxyl groups is 2. The molecular weight excluding hydrogens is 781 g/mol. The van der Waals surface area contributed by atoms with Gasteiger partial charge in [-0.3, -0.25) is 14.2 Å². The van der Waals surface area contributed by atoms with Gasteiger partial charge in [-0.25, -0.2) is 0 Å². The molecule has 0 heterocycles. The number of likely N-dealkylation sites (N-methyl/N-ethyl adjacent to an activating group) is 1. The summed E-state index contributed by atoms with van der Waals surface area (Å²) >= 11 is 0. The normalized spacial score (nSPS) is 15.7. The highest BCUT2D eigenvalue weighted by Crippen LogP contribution is 2.38. The Bertz CT molecular complexity index is 1420. The highest BCUT2D eigenvalue weighted by Gasteiger charge is 2.21. The predicted octanol–water partition coefficient (Wildman–Crippen LogP) is 9.66. The van der Waals surface area contributed by atoms with Gasteiger partial charge in [0.15, 0.2) is 6.10 Å². The number of carbonyl (C=O) groups is 2. The van der Waals surface area contributed by atoms with Crippen molar-refractivity contribution in [2.24, 2.45) is 0 Å². The topological polar surface area (TPSA) is 152 Å². The van der Waals surface area contributed by atoms with E-state index >= 15 is 0 Å². The first-order valence-corrected chi connectivity index (χ1v) is 23.3. The van der Waals surface area contributed by atoms with E-state index in [9.17, 15) is 29.3 Å². The number of phosphoric ester groups is 1. The van der Waals surface area contributed by atoms with Crippen LogP contribution < -0.4 is 4.89 Å². The third-order valence-corrected chi connectivity index (χ3v) is 9.45. The molecule has 0 aliphatic rings. The summed E-state index contributed by atoms with van der Waals surface area (Å²) in [4.78, 5) is 37.5. The van der Waals surface area contributed by atoms with E-state index in [1.165, 1.54) is 0 Å². The van der Waals surface area contributed by atoms with Gasteiger partial charge in [-0.2, -0.15) is 0 Å². The molecule has 0 aliphatic heterocycles. The van der Waals surface area contributed by atoms with Crippen molar-refractivity contribution in [3.8, 4) is 0 Å². The fraction of sp³-hybridized carbons (Fsp3) is 0.583. The Morgan fingerprint density at radius 3 is 1.70 bits per heavy atom. The van der Waals surface area contributed by atoms with E-state index in [1.807, 2.05) is 63.7 Å². The summed E-state index contributed by atoms with van der Waals surface area (Å²) < 4.78 is 33.6. The first kappa shape index (κ1) is 56.6. The van der Waals surface area contributed by atoms with Crippen molar-refractivity contribution in [3.63, 3.8) is 0 Å². The van der Waals surface area contributed by atoms with Crippen LogP contribution in [-0.4, -0.2) is 92.5 Å². The van der Waals surface area contributed by atoms with Gasteiger partial charge >= 0.3 is 11.9 Å². The zero-order valence-electron chi connectivity index (χ0n) is 37.3. The smallest absolute Gasteiger partial charge is 0.306 e. The van der Waals surface area contributed by atoms with Crippen LogP contribution in [0.5, 0.6) is 0 Å². The third kappa shape index (κ3) is 41.3. The van der Waals surface area contributed by atoms with Crippen LogP contribution in [0, 0.1) is 0 Å². The fourth-order valence-corrected chi connectivity index (χ4v) is 5.75. The highest BCUT2D eigenvalue weighted by atomic mass is 31.2. The summed E-state index contributed by atoms with van der Waals surface area (Å²) in [6.07, 6.45) is 44.9. The fourth-order valence-electron chi connectivity index (χ4n) is 5.02. The van der Waals surface area contributed by atoms with Crippen LogP contribution in [0.15, 0.2) is 109 Å². The number of aliphatic hydroxyl groups excluding tert-OH is 2. The largest absolute Gasteiger partial charge is 0.756 e. The molecule has 0 aliphatic carbocycles. The minimum absolute atomic E-state index is 0.00926. The number of rotatable bonds is 37. The summed E-state index contributed by atoms with van der Waals surface area (Å²) in [6.45, 7) is 3.64. The zero-order valence-corrected chi connectivity index (χ0v) is 38.2. The molecule has 0 amide bonds. The lowest BCUT2D eigenvalue weighted by Crippen LogP contribution is -2.37. The number of nitrogens with zero attached hydrogens (tertiary/aromatic N) is 1. The Morgan fingerprint density at radius 1 is 0.633 bits per heavy atom. The number of phosphoric acid groups is 1. The molecule has 0 radical (unpaired) electrons. The second kappa shape index (κ2) is 38.5.